The minimum absolute atomic E-state index is 0.00397. The van der Waals surface area contributed by atoms with Crippen molar-refractivity contribution in [1.29, 1.82) is 0 Å². The third-order valence-corrected chi connectivity index (χ3v) is 21.6. The van der Waals surface area contributed by atoms with E-state index in [1.165, 1.54) is 20.8 Å². The molecule has 10 amide bonds. The number of nitrogens with one attached hydrogen (secondary N) is 10. The van der Waals surface area contributed by atoms with E-state index in [9.17, 15) is 95.9 Å². The number of ether oxygens (including phenoxy) is 15. The zero-order chi connectivity index (χ0) is 101. The molecular formula is C91H148N10O35. The van der Waals surface area contributed by atoms with Crippen molar-refractivity contribution < 1.29 is 167 Å². The number of amides is 10. The molecule has 15 atom stereocenters. The van der Waals surface area contributed by atoms with Gasteiger partial charge in [0.25, 0.3) is 0 Å². The van der Waals surface area contributed by atoms with Crippen LogP contribution in [0.25, 0.3) is 0 Å². The van der Waals surface area contributed by atoms with E-state index >= 15 is 0 Å². The van der Waals surface area contributed by atoms with Crippen LogP contribution >= 0.6 is 0 Å². The van der Waals surface area contributed by atoms with Crippen molar-refractivity contribution in [1.82, 2.24) is 53.2 Å². The lowest BCUT2D eigenvalue weighted by molar-refractivity contribution is -0.277. The average Bonchev–Trinajstić information content (AvgIpc) is 0.793. The van der Waals surface area contributed by atoms with Crippen LogP contribution in [0.5, 0.6) is 0 Å². The van der Waals surface area contributed by atoms with Gasteiger partial charge in [-0.25, -0.2) is 0 Å². The second-order valence-corrected chi connectivity index (χ2v) is 34.2. The van der Waals surface area contributed by atoms with Crippen molar-refractivity contribution in [3.8, 4) is 0 Å². The molecule has 772 valence electrons. The highest BCUT2D eigenvalue weighted by Crippen LogP contribution is 2.33. The molecule has 45 nitrogen and oxygen atoms in total. The van der Waals surface area contributed by atoms with Crippen LogP contribution in [-0.4, -0.2) is 296 Å². The third kappa shape index (κ3) is 52.1. The topological polar surface area (TPSA) is 600 Å². The number of carbonyl (C=O) groups excluding carboxylic acids is 20. The third-order valence-electron chi connectivity index (χ3n) is 21.6. The van der Waals surface area contributed by atoms with E-state index in [4.69, 9.17) is 71.1 Å². The molecule has 0 bridgehead atoms. The van der Waals surface area contributed by atoms with Gasteiger partial charge in [-0.2, -0.15) is 0 Å². The molecular weight excluding hydrogens is 1790 g/mol. The lowest BCUT2D eigenvalue weighted by atomic mass is 9.82. The van der Waals surface area contributed by atoms with Gasteiger partial charge in [-0.1, -0.05) is 33.1 Å². The van der Waals surface area contributed by atoms with Crippen LogP contribution in [0.1, 0.15) is 270 Å². The first-order valence-corrected chi connectivity index (χ1v) is 46.9. The number of ketones is 1. The van der Waals surface area contributed by atoms with E-state index in [1.807, 2.05) is 0 Å². The van der Waals surface area contributed by atoms with Crippen molar-refractivity contribution in [2.24, 2.45) is 11.3 Å². The number of esters is 9. The average molecular weight is 1940 g/mol. The normalized spacial score (nSPS) is 21.5. The molecule has 0 spiro atoms. The van der Waals surface area contributed by atoms with Crippen LogP contribution in [0.15, 0.2) is 0 Å². The Morgan fingerprint density at radius 3 is 0.735 bits per heavy atom. The van der Waals surface area contributed by atoms with Gasteiger partial charge < -0.3 is 124 Å². The molecule has 3 fully saturated rings. The quantitative estimate of drug-likeness (QED) is 0.0238. The molecule has 0 saturated carbocycles. The predicted octanol–water partition coefficient (Wildman–Crippen LogP) is 2.56. The Morgan fingerprint density at radius 1 is 0.265 bits per heavy atom. The number of Topliss-reactive ketones (excluding diaryl/α,β-unsaturated/α-hetero) is 1. The van der Waals surface area contributed by atoms with Gasteiger partial charge >= 0.3 is 53.7 Å². The van der Waals surface area contributed by atoms with Gasteiger partial charge in [-0.05, 0) is 103 Å². The van der Waals surface area contributed by atoms with E-state index in [-0.39, 0.29) is 150 Å². The van der Waals surface area contributed by atoms with Gasteiger partial charge in [0, 0.05) is 211 Å². The lowest BCUT2D eigenvalue weighted by Crippen LogP contribution is -2.66. The van der Waals surface area contributed by atoms with Gasteiger partial charge in [0.2, 0.25) is 59.1 Å². The Bertz CT molecular complexity index is 3710. The van der Waals surface area contributed by atoms with Crippen LogP contribution in [0, 0.1) is 11.3 Å². The summed E-state index contributed by atoms with van der Waals surface area (Å²) in [4.78, 5) is 252. The van der Waals surface area contributed by atoms with Crippen LogP contribution in [0.2, 0.25) is 0 Å². The fraction of sp³-hybridized carbons (Fsp3) is 0.780. The van der Waals surface area contributed by atoms with Crippen LogP contribution in [0.4, 0.5) is 0 Å². The molecule has 136 heavy (non-hydrogen) atoms. The number of rotatable bonds is 67. The Balaban J connectivity index is 1.66. The van der Waals surface area contributed by atoms with E-state index in [0.717, 1.165) is 62.3 Å². The molecule has 3 aliphatic rings. The summed E-state index contributed by atoms with van der Waals surface area (Å²) in [6.07, 6.45) is -5.77. The van der Waals surface area contributed by atoms with Crippen molar-refractivity contribution in [2.45, 2.75) is 362 Å². The van der Waals surface area contributed by atoms with Crippen LogP contribution < -0.4 is 53.2 Å². The molecule has 0 aliphatic carbocycles. The summed E-state index contributed by atoms with van der Waals surface area (Å²) in [5.41, 5.74) is -1.02. The van der Waals surface area contributed by atoms with Gasteiger partial charge in [0.15, 0.2) is 55.5 Å². The predicted molar refractivity (Wildman–Crippen MR) is 478 cm³/mol. The fourth-order valence-corrected chi connectivity index (χ4v) is 15.0. The first-order chi connectivity index (χ1) is 64.5. The van der Waals surface area contributed by atoms with E-state index in [2.05, 4.69) is 53.2 Å². The van der Waals surface area contributed by atoms with Gasteiger partial charge in [0.05, 0.1) is 0 Å². The van der Waals surface area contributed by atoms with Gasteiger partial charge in [0.1, 0.15) is 62.0 Å². The first kappa shape index (κ1) is 120. The second kappa shape index (κ2) is 66.8. The standard InChI is InChI=1S/C91H148N10O35/c1-55(2)68(114)33-21-22-37-78(121)98-54-91(52-96-76(119)35-19-16-27-43-93-74(117)39-24-30-47-123-89-80(100-57(4)103)86(132-66(13)112)83(129-63(10)109)70(135-89)50-126-60(7)106,53-97-77(120)36-20-17-28-44-94-75(118)40-25-31-48-124-90-81(101-58(5)104)87(133-67(14)113)84(130-64(11)110)71(136-90)51-127-61(8)107)41-32-45-95-72(115)34-18-15-26-42-92-73(116)38-23-29-46-122-88-79(99-56(3)102)85(131-65(12)111)82(128-62(9)108)69(134-88)49-125-59(6)105/h55,69-71,79-90H,15-54H2,1-14H3,(H,92,116)(H,93,117)(H,94,118)(H,95,115)(H,96,119)(H,97,120)(H,98,121)(H,99,102)(H,100,103)(H,101,104). The summed E-state index contributed by atoms with van der Waals surface area (Å²) in [6.45, 7) is 17.4. The van der Waals surface area contributed by atoms with Crippen molar-refractivity contribution in [3.63, 3.8) is 0 Å². The zero-order valence-corrected chi connectivity index (χ0v) is 81.3. The molecule has 0 radical (unpaired) electrons. The number of hydrogen-bond donors (Lipinski definition) is 10. The summed E-state index contributed by atoms with van der Waals surface area (Å²) >= 11 is 0. The first-order valence-electron chi connectivity index (χ1n) is 46.9. The van der Waals surface area contributed by atoms with Gasteiger partial charge in [-0.3, -0.25) is 95.9 Å². The number of carbonyl (C=O) groups is 20. The van der Waals surface area contributed by atoms with Gasteiger partial charge in [-0.15, -0.1) is 0 Å². The largest absolute Gasteiger partial charge is 0.463 e. The molecule has 10 N–H and O–H groups in total. The Hall–Kier alpha value is -10.6. The smallest absolute Gasteiger partial charge is 0.303 e. The second-order valence-electron chi connectivity index (χ2n) is 34.2. The molecule has 3 rings (SSSR count). The Kier molecular flexibility index (Phi) is 58.7. The van der Waals surface area contributed by atoms with E-state index in [1.54, 1.807) is 13.8 Å². The Labute approximate surface area is 794 Å². The van der Waals surface area contributed by atoms with Crippen molar-refractivity contribution in [3.05, 3.63) is 0 Å². The van der Waals surface area contributed by atoms with E-state index < -0.39 is 189 Å². The zero-order valence-electron chi connectivity index (χ0n) is 81.3. The minimum atomic E-state index is -1.31. The summed E-state index contributed by atoms with van der Waals surface area (Å²) in [6, 6.07) is -3.48. The molecule has 0 aromatic rings. The molecule has 0 aromatic heterocycles. The molecule has 3 saturated heterocycles. The van der Waals surface area contributed by atoms with E-state index in [0.29, 0.717) is 142 Å². The SMILES string of the molecule is CC(=O)NC1C(OCCCCC(=O)NCCCCCC(=O)NCCCC(CNC(=O)CCCCCNC(=O)CCCCOC2OC(COC(C)=O)C(OC(C)=O)C(OC(C)=O)C2NC(C)=O)(CNC(=O)CCCCCNC(=O)CCCCOC2OC(COC(C)=O)C(OC(C)=O)C(OC(C)=O)C2NC(C)=O)CNC(=O)CCCCC(=O)C(C)C)OC(COC(C)=O)C(OC(C)=O)C1OC(C)=O. The van der Waals surface area contributed by atoms with Crippen molar-refractivity contribution >= 4 is 119 Å². The maximum Gasteiger partial charge on any atom is 0.303 e. The summed E-state index contributed by atoms with van der Waals surface area (Å²) in [5.74, 6) is -10.2. The number of unbranched alkanes of at least 4 members (excludes halogenated alkanes) is 10. The molecule has 45 heteroatoms. The Morgan fingerprint density at radius 2 is 0.493 bits per heavy atom. The van der Waals surface area contributed by atoms with Crippen LogP contribution in [-0.2, 0) is 167 Å². The summed E-state index contributed by atoms with van der Waals surface area (Å²) < 4.78 is 84.4. The molecule has 15 unspecified atom stereocenters. The van der Waals surface area contributed by atoms with Crippen LogP contribution in [0.3, 0.4) is 0 Å². The fourth-order valence-electron chi connectivity index (χ4n) is 15.0. The maximum absolute atomic E-state index is 13.8. The highest BCUT2D eigenvalue weighted by atomic mass is 16.7. The lowest BCUT2D eigenvalue weighted by Gasteiger charge is -2.44. The van der Waals surface area contributed by atoms with Crippen molar-refractivity contribution in [2.75, 3.05) is 85.5 Å². The maximum atomic E-state index is 13.8. The highest BCUT2D eigenvalue weighted by Gasteiger charge is 2.55. The number of hydrogen-bond acceptors (Lipinski definition) is 35. The molecule has 0 aromatic carbocycles. The molecule has 3 aliphatic heterocycles. The molecule has 3 heterocycles. The highest BCUT2D eigenvalue weighted by molar-refractivity contribution is 5.82. The monoisotopic (exact) mass is 1940 g/mol. The summed E-state index contributed by atoms with van der Waals surface area (Å²) in [5, 5.41) is 28.6. The summed E-state index contributed by atoms with van der Waals surface area (Å²) in [7, 11) is 0. The minimum Gasteiger partial charge on any atom is -0.463 e.